The zero-order valence-corrected chi connectivity index (χ0v) is 17.6. The predicted molar refractivity (Wildman–Crippen MR) is 108 cm³/mol. The number of carbonyl (C=O) groups is 2. The topological polar surface area (TPSA) is 76.7 Å². The molecular formula is C20H29BrN2O4. The molecule has 2 rings (SSSR count). The molecule has 7 heteroatoms. The van der Waals surface area contributed by atoms with Crippen molar-refractivity contribution in [2.24, 2.45) is 5.92 Å². The average Bonchev–Trinajstić information content (AvgIpc) is 2.66. The highest BCUT2D eigenvalue weighted by Gasteiger charge is 2.34. The molecule has 6 nitrogen and oxygen atoms in total. The first-order valence-corrected chi connectivity index (χ1v) is 10.2. The number of esters is 1. The lowest BCUT2D eigenvalue weighted by Crippen LogP contribution is -2.50. The molecule has 0 aromatic rings. The summed E-state index contributed by atoms with van der Waals surface area (Å²) in [6.45, 7) is 9.58. The van der Waals surface area contributed by atoms with Gasteiger partial charge in [0, 0.05) is 17.3 Å². The number of carbonyl (C=O) groups excluding carboxylic acids is 2. The fourth-order valence-electron chi connectivity index (χ4n) is 3.64. The number of alkyl halides is 1. The summed E-state index contributed by atoms with van der Waals surface area (Å²) in [4.78, 5) is 30.6. The van der Waals surface area contributed by atoms with Crippen molar-refractivity contribution in [2.45, 2.75) is 62.4 Å². The number of hydrogen-bond donors (Lipinski definition) is 2. The van der Waals surface area contributed by atoms with E-state index in [4.69, 9.17) is 9.57 Å². The minimum atomic E-state index is -0.690. The van der Waals surface area contributed by atoms with Crippen molar-refractivity contribution >= 4 is 27.8 Å². The van der Waals surface area contributed by atoms with Crippen molar-refractivity contribution in [2.75, 3.05) is 7.11 Å². The predicted octanol–water partition coefficient (Wildman–Crippen LogP) is 3.30. The van der Waals surface area contributed by atoms with Crippen LogP contribution in [0.1, 0.15) is 45.4 Å². The van der Waals surface area contributed by atoms with Gasteiger partial charge in [-0.2, -0.15) is 0 Å². The number of hydroxylamine groups is 1. The first-order chi connectivity index (χ1) is 12.8. The second-order valence-electron chi connectivity index (χ2n) is 7.22. The van der Waals surface area contributed by atoms with Gasteiger partial charge in [0.15, 0.2) is 6.10 Å². The van der Waals surface area contributed by atoms with E-state index in [-0.39, 0.29) is 30.3 Å². The molecule has 1 aliphatic heterocycles. The molecule has 0 bridgehead atoms. The molecule has 0 aromatic heterocycles. The molecular weight excluding hydrogens is 412 g/mol. The minimum Gasteiger partial charge on any atom is -0.469 e. The number of hydrogen-bond acceptors (Lipinski definition) is 5. The lowest BCUT2D eigenvalue weighted by molar-refractivity contribution is -0.143. The van der Waals surface area contributed by atoms with Gasteiger partial charge >= 0.3 is 5.97 Å². The summed E-state index contributed by atoms with van der Waals surface area (Å²) in [5.74, 6) is -0.340. The third-order valence-electron chi connectivity index (χ3n) is 5.16. The lowest BCUT2D eigenvalue weighted by Gasteiger charge is -2.34. The molecule has 0 radical (unpaired) electrons. The Morgan fingerprint density at radius 1 is 1.48 bits per heavy atom. The molecule has 2 aliphatic rings. The fourth-order valence-corrected chi connectivity index (χ4v) is 4.44. The first-order valence-electron chi connectivity index (χ1n) is 9.30. The maximum Gasteiger partial charge on any atom is 0.307 e. The third kappa shape index (κ3) is 5.94. The van der Waals surface area contributed by atoms with Crippen LogP contribution in [-0.4, -0.2) is 36.0 Å². The number of nitrogens with one attached hydrogen (secondary N) is 2. The summed E-state index contributed by atoms with van der Waals surface area (Å²) in [5.41, 5.74) is 5.27. The molecule has 0 saturated heterocycles. The molecule has 4 atom stereocenters. The molecule has 1 aliphatic carbocycles. The summed E-state index contributed by atoms with van der Waals surface area (Å²) in [5, 5.41) is 3.03. The van der Waals surface area contributed by atoms with Gasteiger partial charge < -0.3 is 10.1 Å². The largest absolute Gasteiger partial charge is 0.469 e. The van der Waals surface area contributed by atoms with Gasteiger partial charge in [-0.05, 0) is 43.3 Å². The van der Waals surface area contributed by atoms with Crippen molar-refractivity contribution in [3.8, 4) is 0 Å². The van der Waals surface area contributed by atoms with E-state index in [1.165, 1.54) is 7.11 Å². The number of allylic oxidation sites excluding steroid dienone is 2. The van der Waals surface area contributed by atoms with Crippen LogP contribution in [0.5, 0.6) is 0 Å². The van der Waals surface area contributed by atoms with Crippen LogP contribution in [0, 0.1) is 5.92 Å². The van der Waals surface area contributed by atoms with Crippen LogP contribution in [0.3, 0.4) is 0 Å². The minimum absolute atomic E-state index is 0.161. The number of ether oxygens (including phenoxy) is 1. The lowest BCUT2D eigenvalue weighted by atomic mass is 9.82. The Balaban J connectivity index is 2.07. The highest BCUT2D eigenvalue weighted by Crippen LogP contribution is 2.32. The van der Waals surface area contributed by atoms with Crippen molar-refractivity contribution in [1.29, 1.82) is 0 Å². The quantitative estimate of drug-likeness (QED) is 0.469. The van der Waals surface area contributed by atoms with Gasteiger partial charge in [-0.1, -0.05) is 41.6 Å². The van der Waals surface area contributed by atoms with Gasteiger partial charge in [0.2, 0.25) is 0 Å². The van der Waals surface area contributed by atoms with Gasteiger partial charge in [0.25, 0.3) is 5.91 Å². The smallest absolute Gasteiger partial charge is 0.307 e. The van der Waals surface area contributed by atoms with Crippen molar-refractivity contribution in [3.05, 3.63) is 36.1 Å². The maximum absolute atomic E-state index is 12.8. The van der Waals surface area contributed by atoms with E-state index >= 15 is 0 Å². The first kappa shape index (κ1) is 21.7. The van der Waals surface area contributed by atoms with Gasteiger partial charge in [0.05, 0.1) is 19.2 Å². The summed E-state index contributed by atoms with van der Waals surface area (Å²) in [6, 6.07) is -0.271. The molecule has 1 amide bonds. The molecule has 1 fully saturated rings. The monoisotopic (exact) mass is 440 g/mol. The van der Waals surface area contributed by atoms with Crippen LogP contribution in [0.2, 0.25) is 0 Å². The maximum atomic E-state index is 12.8. The Morgan fingerprint density at radius 3 is 2.81 bits per heavy atom. The van der Waals surface area contributed by atoms with E-state index in [1.807, 2.05) is 6.92 Å². The summed E-state index contributed by atoms with van der Waals surface area (Å²) in [6.07, 6.45) is 5.67. The summed E-state index contributed by atoms with van der Waals surface area (Å²) < 4.78 is 4.82. The van der Waals surface area contributed by atoms with Crippen molar-refractivity contribution in [1.82, 2.24) is 10.8 Å². The number of amides is 1. The summed E-state index contributed by atoms with van der Waals surface area (Å²) in [7, 11) is 1.36. The Labute approximate surface area is 169 Å². The Kier molecular flexibility index (Phi) is 8.10. The van der Waals surface area contributed by atoms with E-state index in [9.17, 15) is 9.59 Å². The molecule has 150 valence electrons. The van der Waals surface area contributed by atoms with Crippen LogP contribution in [-0.2, 0) is 19.2 Å². The van der Waals surface area contributed by atoms with E-state index < -0.39 is 6.10 Å². The molecule has 0 spiro atoms. The van der Waals surface area contributed by atoms with Gasteiger partial charge in [-0.25, -0.2) is 0 Å². The Bertz CT molecular complexity index is 631. The summed E-state index contributed by atoms with van der Waals surface area (Å²) >= 11 is 3.67. The van der Waals surface area contributed by atoms with Crippen LogP contribution in [0.15, 0.2) is 36.1 Å². The highest BCUT2D eigenvalue weighted by atomic mass is 79.9. The molecule has 1 heterocycles. The Morgan fingerprint density at radius 2 is 2.22 bits per heavy atom. The van der Waals surface area contributed by atoms with Crippen molar-refractivity contribution in [3.63, 3.8) is 0 Å². The standard InChI is InChI=1S/C20H29BrN2O4/c1-5-13-10-17(27-23-19(13)12(2)3)20(25)22-16(11-18(24)26-4)14-7-6-8-15(21)9-14/h5,14-17,23H,1-2,6-11H2,3-4H3,(H,22,25). The van der Waals surface area contributed by atoms with Crippen LogP contribution in [0.25, 0.3) is 0 Å². The fraction of sp³-hybridized carbons (Fsp3) is 0.600. The van der Waals surface area contributed by atoms with E-state index in [2.05, 4.69) is 39.9 Å². The van der Waals surface area contributed by atoms with Crippen molar-refractivity contribution < 1.29 is 19.2 Å². The second-order valence-corrected chi connectivity index (χ2v) is 8.51. The number of methoxy groups -OCH3 is 1. The zero-order chi connectivity index (χ0) is 20.0. The molecule has 0 aromatic carbocycles. The van der Waals surface area contributed by atoms with Gasteiger partial charge in [-0.3, -0.25) is 19.9 Å². The van der Waals surface area contributed by atoms with Crippen LogP contribution < -0.4 is 10.8 Å². The third-order valence-corrected chi connectivity index (χ3v) is 5.99. The van der Waals surface area contributed by atoms with E-state index in [1.54, 1.807) is 6.08 Å². The Hall–Kier alpha value is -1.60. The van der Waals surface area contributed by atoms with Crippen LogP contribution in [0.4, 0.5) is 0 Å². The van der Waals surface area contributed by atoms with E-state index in [0.717, 1.165) is 42.5 Å². The molecule has 1 saturated carbocycles. The average molecular weight is 441 g/mol. The highest BCUT2D eigenvalue weighted by molar-refractivity contribution is 9.09. The zero-order valence-electron chi connectivity index (χ0n) is 16.1. The normalized spacial score (nSPS) is 26.6. The molecule has 4 unspecified atom stereocenters. The van der Waals surface area contributed by atoms with Gasteiger partial charge in [0.1, 0.15) is 0 Å². The number of rotatable bonds is 7. The SMILES string of the molecule is C=CC1=C(C(=C)C)NOC(C(=O)NC(CC(=O)OC)C2CCCC(Br)C2)C1. The van der Waals surface area contributed by atoms with Crippen LogP contribution >= 0.6 is 15.9 Å². The molecule has 27 heavy (non-hydrogen) atoms. The second kappa shape index (κ2) is 10.1. The van der Waals surface area contributed by atoms with Gasteiger partial charge in [-0.15, -0.1) is 0 Å². The van der Waals surface area contributed by atoms with E-state index in [0.29, 0.717) is 11.2 Å². The number of halogens is 1. The molecule has 2 N–H and O–H groups in total.